The summed E-state index contributed by atoms with van der Waals surface area (Å²) in [6, 6.07) is 0. The molecule has 12 heavy (non-hydrogen) atoms. The maximum atomic E-state index is 3.70. The van der Waals surface area contributed by atoms with Crippen LogP contribution in [0.2, 0.25) is 0 Å². The molecule has 0 spiro atoms. The van der Waals surface area contributed by atoms with Crippen molar-refractivity contribution in [1.82, 2.24) is 4.57 Å². The maximum absolute atomic E-state index is 3.70. The molecule has 0 saturated carbocycles. The van der Waals surface area contributed by atoms with Gasteiger partial charge in [-0.25, -0.2) is 0 Å². The van der Waals surface area contributed by atoms with E-state index < -0.39 is 0 Å². The quantitative estimate of drug-likeness (QED) is 0.428. The van der Waals surface area contributed by atoms with Crippen molar-refractivity contribution in [2.45, 2.75) is 27.3 Å². The molecule has 2 nitrogen and oxygen atoms in total. The van der Waals surface area contributed by atoms with Gasteiger partial charge in [0.15, 0.2) is 5.82 Å². The van der Waals surface area contributed by atoms with Gasteiger partial charge < -0.3 is 4.57 Å². The van der Waals surface area contributed by atoms with Gasteiger partial charge in [0.1, 0.15) is 0 Å². The third kappa shape index (κ3) is 2.38. The van der Waals surface area contributed by atoms with E-state index in [-0.39, 0.29) is 58.2 Å². The molecule has 0 bridgehead atoms. The summed E-state index contributed by atoms with van der Waals surface area (Å²) in [6.45, 7) is 10.9. The summed E-state index contributed by atoms with van der Waals surface area (Å²) in [7, 11) is 0. The van der Waals surface area contributed by atoms with Crippen molar-refractivity contribution in [3.8, 4) is 0 Å². The SMILES string of the molecule is C=C[n+]1[c-]c(C)n(CC)c1C.[Rb+]. The molecule has 0 saturated heterocycles. The molecule has 3 heteroatoms. The maximum Gasteiger partial charge on any atom is 1.00 e. The van der Waals surface area contributed by atoms with Crippen molar-refractivity contribution in [1.29, 1.82) is 0 Å². The van der Waals surface area contributed by atoms with Gasteiger partial charge in [0, 0.05) is 0 Å². The fourth-order valence-electron chi connectivity index (χ4n) is 1.33. The summed E-state index contributed by atoms with van der Waals surface area (Å²) in [6.07, 6.45) is 4.95. The van der Waals surface area contributed by atoms with Crippen molar-refractivity contribution in [2.75, 3.05) is 0 Å². The third-order valence-electron chi connectivity index (χ3n) is 1.93. The van der Waals surface area contributed by atoms with E-state index in [0.717, 1.165) is 12.2 Å². The van der Waals surface area contributed by atoms with Gasteiger partial charge in [-0.2, -0.15) is 0 Å². The van der Waals surface area contributed by atoms with E-state index in [2.05, 4.69) is 38.1 Å². The van der Waals surface area contributed by atoms with Crippen molar-refractivity contribution < 1.29 is 62.8 Å². The Balaban J connectivity index is 0.00000121. The number of hydrogen-bond acceptors (Lipinski definition) is 0. The number of rotatable bonds is 2. The summed E-state index contributed by atoms with van der Waals surface area (Å²) in [5.41, 5.74) is 1.16. The van der Waals surface area contributed by atoms with Gasteiger partial charge in [0.2, 0.25) is 0 Å². The zero-order chi connectivity index (χ0) is 8.43. The van der Waals surface area contributed by atoms with Crippen molar-refractivity contribution in [2.24, 2.45) is 0 Å². The van der Waals surface area contributed by atoms with Crippen LogP contribution >= 0.6 is 0 Å². The molecule has 1 aromatic heterocycles. The van der Waals surface area contributed by atoms with Crippen LogP contribution in [0.3, 0.4) is 0 Å². The Morgan fingerprint density at radius 2 is 2.17 bits per heavy atom. The molecule has 0 fully saturated rings. The molecule has 60 valence electrons. The molecule has 0 amide bonds. The molecule has 0 aliphatic carbocycles. The van der Waals surface area contributed by atoms with Crippen LogP contribution in [0.1, 0.15) is 18.4 Å². The molecule has 0 aromatic carbocycles. The minimum absolute atomic E-state index is 0. The van der Waals surface area contributed by atoms with Gasteiger partial charge in [-0.05, 0) is 27.0 Å². The van der Waals surface area contributed by atoms with E-state index in [1.807, 2.05) is 4.57 Å². The van der Waals surface area contributed by atoms with E-state index in [4.69, 9.17) is 0 Å². The van der Waals surface area contributed by atoms with Crippen LogP contribution in [0.5, 0.6) is 0 Å². The van der Waals surface area contributed by atoms with Crippen LogP contribution in [0, 0.1) is 20.0 Å². The molecule has 0 aliphatic rings. The van der Waals surface area contributed by atoms with Gasteiger partial charge in [-0.15, -0.1) is 6.58 Å². The second-order valence-corrected chi connectivity index (χ2v) is 2.54. The molecule has 0 aliphatic heterocycles. The number of nitrogens with zero attached hydrogens (tertiary/aromatic N) is 2. The Kier molecular flexibility index (Phi) is 5.82. The van der Waals surface area contributed by atoms with E-state index >= 15 is 0 Å². The standard InChI is InChI=1S/C9H14N2.Rb/c1-5-10-7-8(3)11(6-2)9(10)4;/h5H,1,6H2,2-4H3;/q;+1. The Morgan fingerprint density at radius 1 is 1.58 bits per heavy atom. The summed E-state index contributed by atoms with van der Waals surface area (Å²) in [5, 5.41) is 0. The molecule has 1 aromatic rings. The molecule has 1 rings (SSSR count). The minimum atomic E-state index is 0. The minimum Gasteiger partial charge on any atom is -0.367 e. The van der Waals surface area contributed by atoms with Gasteiger partial charge in [0.05, 0.1) is 18.4 Å². The first-order valence-electron chi connectivity index (χ1n) is 3.83. The van der Waals surface area contributed by atoms with Crippen LogP contribution in [0.15, 0.2) is 6.58 Å². The zero-order valence-corrected chi connectivity index (χ0v) is 13.3. The molecule has 0 radical (unpaired) electrons. The normalized spacial score (nSPS) is 9.25. The summed E-state index contributed by atoms with van der Waals surface area (Å²) in [5.74, 6) is 1.18. The van der Waals surface area contributed by atoms with Gasteiger partial charge >= 0.3 is 58.2 Å². The van der Waals surface area contributed by atoms with Gasteiger partial charge in [0.25, 0.3) is 0 Å². The first-order valence-corrected chi connectivity index (χ1v) is 3.83. The summed E-state index contributed by atoms with van der Waals surface area (Å²) in [4.78, 5) is 0. The summed E-state index contributed by atoms with van der Waals surface area (Å²) >= 11 is 0. The van der Waals surface area contributed by atoms with Gasteiger partial charge in [-0.1, -0.05) is 0 Å². The number of imidazole rings is 1. The van der Waals surface area contributed by atoms with Crippen LogP contribution in [-0.2, 0) is 6.54 Å². The zero-order valence-electron chi connectivity index (χ0n) is 8.39. The predicted octanol–water partition coefficient (Wildman–Crippen LogP) is -1.68. The largest absolute Gasteiger partial charge is 1.00 e. The number of aryl methyl sites for hydroxylation is 1. The molecular weight excluding hydrogens is 222 g/mol. The average molecular weight is 236 g/mol. The van der Waals surface area contributed by atoms with Crippen molar-refractivity contribution in [3.05, 3.63) is 24.3 Å². The number of hydrogen-bond donors (Lipinski definition) is 0. The van der Waals surface area contributed by atoms with Crippen molar-refractivity contribution >= 4 is 6.20 Å². The van der Waals surface area contributed by atoms with Gasteiger partial charge in [-0.3, -0.25) is 4.57 Å². The predicted molar refractivity (Wildman–Crippen MR) is 45.0 cm³/mol. The monoisotopic (exact) mass is 235 g/mol. The van der Waals surface area contributed by atoms with Crippen LogP contribution < -0.4 is 62.8 Å². The van der Waals surface area contributed by atoms with Crippen LogP contribution in [0.4, 0.5) is 0 Å². The van der Waals surface area contributed by atoms with E-state index in [1.54, 1.807) is 6.20 Å². The second kappa shape index (κ2) is 5.48. The van der Waals surface area contributed by atoms with Crippen molar-refractivity contribution in [3.63, 3.8) is 0 Å². The Labute approximate surface area is 123 Å². The fourth-order valence-corrected chi connectivity index (χ4v) is 1.33. The smallest absolute Gasteiger partial charge is 0.367 e. The van der Waals surface area contributed by atoms with Crippen LogP contribution in [-0.4, -0.2) is 4.57 Å². The molecule has 0 N–H and O–H groups in total. The Hall–Kier alpha value is 0.755. The Bertz CT molecular complexity index is 276. The van der Waals surface area contributed by atoms with E-state index in [1.165, 1.54) is 5.82 Å². The number of aromatic nitrogens is 2. The molecule has 1 heterocycles. The summed E-state index contributed by atoms with van der Waals surface area (Å²) < 4.78 is 4.11. The first kappa shape index (κ1) is 12.8. The average Bonchev–Trinajstić information content (AvgIpc) is 2.26. The molecular formula is C9H14N2Rb+. The van der Waals surface area contributed by atoms with E-state index in [0.29, 0.717) is 0 Å². The van der Waals surface area contributed by atoms with E-state index in [9.17, 15) is 0 Å². The third-order valence-corrected chi connectivity index (χ3v) is 1.93. The molecule has 0 atom stereocenters. The fraction of sp³-hybridized carbons (Fsp3) is 0.444. The second-order valence-electron chi connectivity index (χ2n) is 2.54. The molecule has 0 unspecified atom stereocenters. The van der Waals surface area contributed by atoms with Crippen LogP contribution in [0.25, 0.3) is 6.20 Å². The topological polar surface area (TPSA) is 8.81 Å². The first-order chi connectivity index (χ1) is 5.20. The Morgan fingerprint density at radius 3 is 2.42 bits per heavy atom.